The number of aromatic carboxylic acids is 1. The van der Waals surface area contributed by atoms with E-state index in [1.807, 2.05) is 59.0 Å². The number of carboxylic acid groups (broad SMARTS) is 3. The highest BCUT2D eigenvalue weighted by molar-refractivity contribution is 7.22. The second-order valence-corrected chi connectivity index (χ2v) is 27.6. The normalized spacial score (nSPS) is 24.4. The first kappa shape index (κ1) is 69.5. The molecule has 29 nitrogen and oxygen atoms in total. The van der Waals surface area contributed by atoms with Crippen molar-refractivity contribution in [2.24, 2.45) is 16.7 Å². The molecule has 3 aliphatic heterocycles. The summed E-state index contributed by atoms with van der Waals surface area (Å²) in [4.78, 5) is 114. The number of thiazole rings is 1. The molecule has 0 spiro atoms. The SMILES string of the molecule is Cc1c(-c2ccc(N3CCc4cccc(C(=O)Nc5nc6ccccc6s5)c4C3)nc2C(=O)O)cnn1CC12CC3CC(C)(C1)CC(OCCN(CCC(=O)O)C(=O)OCc1ccc(O[C@@H]4O[C@H](C(=O)O)[C@@H](O)[C@H](O)[C@H]4O)cc1OCCOCCNC(=O)CCN1C(=O)C=CC1=O)(C3)C2. The Morgan fingerprint density at radius 1 is 0.828 bits per heavy atom. The minimum Gasteiger partial charge on any atom is -0.491 e. The van der Waals surface area contributed by atoms with Crippen molar-refractivity contribution in [3.05, 3.63) is 125 Å². The Bertz CT molecular complexity index is 4090. The Hall–Kier alpha value is -9.43. The second kappa shape index (κ2) is 29.2. The number of rotatable bonds is 29. The first-order valence-corrected chi connectivity index (χ1v) is 33.6. The lowest BCUT2D eigenvalue weighted by Crippen LogP contribution is -2.61. The number of aliphatic carboxylic acids is 2. The third-order valence-corrected chi connectivity index (χ3v) is 20.3. The summed E-state index contributed by atoms with van der Waals surface area (Å²) in [5, 5.41) is 72.5. The summed E-state index contributed by atoms with van der Waals surface area (Å²) in [6.45, 7) is 4.90. The molecule has 99 heavy (non-hydrogen) atoms. The summed E-state index contributed by atoms with van der Waals surface area (Å²) in [7, 11) is 0. The fourth-order valence-electron chi connectivity index (χ4n) is 15.5. The van der Waals surface area contributed by atoms with E-state index in [0.29, 0.717) is 66.0 Å². The van der Waals surface area contributed by atoms with E-state index in [9.17, 15) is 69.0 Å². The molecule has 5 fully saturated rings. The Morgan fingerprint density at radius 3 is 2.40 bits per heavy atom. The van der Waals surface area contributed by atoms with Gasteiger partial charge < -0.3 is 74.2 Å². The van der Waals surface area contributed by atoms with Gasteiger partial charge in [0.2, 0.25) is 12.2 Å². The molecule has 6 heterocycles. The molecule has 524 valence electrons. The number of hydrogen-bond donors (Lipinski definition) is 8. The summed E-state index contributed by atoms with van der Waals surface area (Å²) in [5.74, 6) is -4.90. The van der Waals surface area contributed by atoms with Gasteiger partial charge in [0, 0.05) is 98.4 Å². The number of ether oxygens (including phenoxy) is 6. The van der Waals surface area contributed by atoms with Crippen molar-refractivity contribution in [2.45, 2.75) is 128 Å². The lowest BCUT2D eigenvalue weighted by atomic mass is 9.43. The van der Waals surface area contributed by atoms with Crippen molar-refractivity contribution >= 4 is 80.1 Å². The Labute approximate surface area is 571 Å². The van der Waals surface area contributed by atoms with Gasteiger partial charge in [-0.05, 0) is 122 Å². The minimum atomic E-state index is -1.97. The van der Waals surface area contributed by atoms with Gasteiger partial charge in [-0.3, -0.25) is 38.9 Å². The molecule has 9 atom stereocenters. The summed E-state index contributed by atoms with van der Waals surface area (Å²) in [6.07, 6.45) is -1.27. The number of fused-ring (bicyclic) bond motifs is 2. The fraction of sp³-hybridized carbons (Fsp3) is 0.464. The maximum atomic E-state index is 14.1. The minimum absolute atomic E-state index is 0.0253. The van der Waals surface area contributed by atoms with E-state index in [-0.39, 0.29) is 98.5 Å². The number of nitrogens with one attached hydrogen (secondary N) is 2. The Kier molecular flexibility index (Phi) is 20.5. The van der Waals surface area contributed by atoms with Crippen LogP contribution >= 0.6 is 11.3 Å². The quantitative estimate of drug-likeness (QED) is 0.0217. The van der Waals surface area contributed by atoms with Gasteiger partial charge in [0.15, 0.2) is 16.9 Å². The third-order valence-electron chi connectivity index (χ3n) is 19.3. The van der Waals surface area contributed by atoms with Crippen LogP contribution in [0.15, 0.2) is 91.1 Å². The molecule has 4 unspecified atom stereocenters. The number of imide groups is 1. The lowest BCUT2D eigenvalue weighted by Gasteiger charge is -2.65. The highest BCUT2D eigenvalue weighted by atomic mass is 32.1. The zero-order valence-corrected chi connectivity index (χ0v) is 55.2. The number of nitrogens with zero attached hydrogens (tertiary/aromatic N) is 7. The van der Waals surface area contributed by atoms with Crippen LogP contribution in [0, 0.1) is 23.7 Å². The van der Waals surface area contributed by atoms with Gasteiger partial charge in [0.25, 0.3) is 17.7 Å². The van der Waals surface area contributed by atoms with E-state index in [0.717, 1.165) is 76.2 Å². The van der Waals surface area contributed by atoms with Crippen LogP contribution in [-0.4, -0.2) is 203 Å². The largest absolute Gasteiger partial charge is 0.491 e. The predicted octanol–water partition coefficient (Wildman–Crippen LogP) is 5.33. The molecule has 3 aromatic heterocycles. The summed E-state index contributed by atoms with van der Waals surface area (Å²) in [5.41, 5.74) is 4.20. The van der Waals surface area contributed by atoms with Crippen molar-refractivity contribution in [3.8, 4) is 22.6 Å². The molecule has 8 N–H and O–H groups in total. The van der Waals surface area contributed by atoms with Crippen LogP contribution in [0.2, 0.25) is 0 Å². The van der Waals surface area contributed by atoms with Crippen molar-refractivity contribution in [3.63, 3.8) is 0 Å². The molecule has 4 saturated carbocycles. The predicted molar refractivity (Wildman–Crippen MR) is 352 cm³/mol. The second-order valence-electron chi connectivity index (χ2n) is 26.6. The standard InChI is InChI=1S/C69H77N9O20S/c1-39-46(44-12-13-51(73-56(44)62(88)89)76-20-16-41-6-5-7-45(47(41)33-76)61(87)74-65-72-48-8-3-4-9-50(48)99-65)32-71-78(39)38-68-30-40-29-67(2,35-68)36-69(31-40,37-68)96-25-23-75(21-18-55(82)83)66(92)95-34-42-10-11-43(97-64-59(86)57(84)58(85)60(98-64)63(90)91)28-49(42)94-27-26-93-24-19-70-52(79)17-22-77-53(80)14-15-54(77)81/h3-15,28,32,40,57-60,64,84-86H,16-27,29-31,33-38H2,1-2H3,(H,70,79)(H,82,83)(H,88,89)(H,90,91)(H,72,74,87)/t40?,57-,58-,59+,60-,64+,67?,68?,69?/m0/s1. The Balaban J connectivity index is 0.683. The van der Waals surface area contributed by atoms with Crippen LogP contribution in [0.5, 0.6) is 11.5 Å². The number of carbonyl (C=O) groups is 8. The molecule has 1 saturated heterocycles. The zero-order chi connectivity index (χ0) is 69.9. The summed E-state index contributed by atoms with van der Waals surface area (Å²) >= 11 is 1.39. The average Bonchev–Trinajstić information content (AvgIpc) is 1.14. The molecule has 7 aliphatic rings. The van der Waals surface area contributed by atoms with E-state index in [1.165, 1.54) is 34.4 Å². The first-order valence-electron chi connectivity index (χ1n) is 32.7. The van der Waals surface area contributed by atoms with Crippen molar-refractivity contribution < 1.29 is 97.4 Å². The number of aliphatic hydroxyl groups is 3. The average molecular weight is 1380 g/mol. The highest BCUT2D eigenvalue weighted by Crippen LogP contribution is 2.68. The van der Waals surface area contributed by atoms with Crippen molar-refractivity contribution in [2.75, 3.05) is 69.4 Å². The van der Waals surface area contributed by atoms with E-state index in [2.05, 4.69) is 22.5 Å². The molecular weight excluding hydrogens is 1310 g/mol. The summed E-state index contributed by atoms with van der Waals surface area (Å²) < 4.78 is 38.4. The molecule has 3 aromatic carbocycles. The monoisotopic (exact) mass is 1380 g/mol. The number of carbonyl (C=O) groups excluding carboxylic acids is 5. The molecule has 13 rings (SSSR count). The summed E-state index contributed by atoms with van der Waals surface area (Å²) in [6, 6.07) is 21.1. The molecule has 6 aromatic rings. The molecule has 5 amide bonds. The number of anilines is 2. The number of carboxylic acids is 3. The van der Waals surface area contributed by atoms with Crippen LogP contribution in [0.1, 0.15) is 102 Å². The lowest BCUT2D eigenvalue weighted by molar-refractivity contribution is -0.271. The number of aliphatic hydroxyl groups excluding tert-OH is 3. The van der Waals surface area contributed by atoms with Gasteiger partial charge in [-0.15, -0.1) is 0 Å². The Morgan fingerprint density at radius 2 is 1.64 bits per heavy atom. The van der Waals surface area contributed by atoms with Crippen LogP contribution in [-0.2, 0) is 69.0 Å². The maximum absolute atomic E-state index is 14.1. The number of hydrogen-bond acceptors (Lipinski definition) is 22. The number of aromatic nitrogens is 4. The van der Waals surface area contributed by atoms with Crippen LogP contribution in [0.4, 0.5) is 15.7 Å². The number of amides is 5. The first-order chi connectivity index (χ1) is 47.4. The number of benzene rings is 3. The van der Waals surface area contributed by atoms with Crippen molar-refractivity contribution in [1.29, 1.82) is 0 Å². The van der Waals surface area contributed by atoms with E-state index in [4.69, 9.17) is 38.5 Å². The van der Waals surface area contributed by atoms with E-state index in [1.54, 1.807) is 18.3 Å². The highest BCUT2D eigenvalue weighted by Gasteiger charge is 2.62. The number of pyridine rings is 1. The molecule has 4 bridgehead atoms. The molecule has 0 radical (unpaired) electrons. The van der Waals surface area contributed by atoms with Crippen LogP contribution < -0.4 is 25.0 Å². The topological polar surface area (TPSA) is 391 Å². The molecule has 30 heteroatoms. The third kappa shape index (κ3) is 15.6. The fourth-order valence-corrected chi connectivity index (χ4v) is 16.3. The van der Waals surface area contributed by atoms with Gasteiger partial charge in [-0.2, -0.15) is 5.10 Å². The van der Waals surface area contributed by atoms with Gasteiger partial charge in [0.1, 0.15) is 48.8 Å². The maximum Gasteiger partial charge on any atom is 0.410 e. The molecular formula is C69H77N9O20S. The smallest absolute Gasteiger partial charge is 0.410 e. The van der Waals surface area contributed by atoms with Gasteiger partial charge in [-0.25, -0.2) is 24.4 Å². The van der Waals surface area contributed by atoms with Gasteiger partial charge in [-0.1, -0.05) is 42.5 Å². The van der Waals surface area contributed by atoms with E-state index >= 15 is 0 Å². The molecule has 4 aliphatic carbocycles. The van der Waals surface area contributed by atoms with Crippen LogP contribution in [0.3, 0.4) is 0 Å². The van der Waals surface area contributed by atoms with Crippen molar-refractivity contribution in [1.82, 2.24) is 34.9 Å². The van der Waals surface area contributed by atoms with Gasteiger partial charge >= 0.3 is 24.0 Å². The van der Waals surface area contributed by atoms with E-state index < -0.39 is 91.1 Å². The zero-order valence-electron chi connectivity index (χ0n) is 54.4. The van der Waals surface area contributed by atoms with Crippen LogP contribution in [0.25, 0.3) is 21.3 Å². The van der Waals surface area contributed by atoms with Gasteiger partial charge in [0.05, 0.1) is 48.3 Å². The number of para-hydroxylation sites is 1.